The van der Waals surface area contributed by atoms with E-state index in [-0.39, 0.29) is 27.9 Å². The number of ketones is 1. The third-order valence-corrected chi connectivity index (χ3v) is 8.30. The van der Waals surface area contributed by atoms with E-state index in [1.807, 2.05) is 0 Å². The normalized spacial score (nSPS) is 40.7. The molecule has 3 nitrogen and oxygen atoms in total. The topological polar surface area (TPSA) is 51.2 Å². The molecule has 4 rings (SSSR count). The van der Waals surface area contributed by atoms with Gasteiger partial charge in [0.05, 0.1) is 4.90 Å². The molecular weight excluding hydrogens is 284 g/mol. The summed E-state index contributed by atoms with van der Waals surface area (Å²) in [6.07, 6.45) is 6.07. The summed E-state index contributed by atoms with van der Waals surface area (Å²) in [7, 11) is -3.62. The maximum absolute atomic E-state index is 13.2. The third-order valence-electron chi connectivity index (χ3n) is 5.73. The van der Waals surface area contributed by atoms with Gasteiger partial charge in [0.15, 0.2) is 15.6 Å². The lowest BCUT2D eigenvalue weighted by Gasteiger charge is -2.34. The van der Waals surface area contributed by atoms with E-state index in [1.54, 1.807) is 30.3 Å². The fourth-order valence-corrected chi connectivity index (χ4v) is 7.43. The van der Waals surface area contributed by atoms with E-state index in [4.69, 9.17) is 0 Å². The van der Waals surface area contributed by atoms with E-state index >= 15 is 0 Å². The average molecular weight is 302 g/mol. The highest BCUT2D eigenvalue weighted by molar-refractivity contribution is 7.94. The van der Waals surface area contributed by atoms with E-state index < -0.39 is 14.6 Å². The molecule has 0 aliphatic heterocycles. The van der Waals surface area contributed by atoms with Gasteiger partial charge in [-0.1, -0.05) is 37.3 Å². The van der Waals surface area contributed by atoms with Gasteiger partial charge in [-0.05, 0) is 36.3 Å². The zero-order valence-electron chi connectivity index (χ0n) is 12.0. The number of hydrogen-bond acceptors (Lipinski definition) is 3. The fraction of sp³-hybridized carbons (Fsp3) is 0.471. The molecule has 4 heteroatoms. The number of rotatable bonds is 2. The van der Waals surface area contributed by atoms with E-state index in [9.17, 15) is 13.2 Å². The van der Waals surface area contributed by atoms with Crippen molar-refractivity contribution in [2.24, 2.45) is 17.3 Å². The molecule has 2 saturated carbocycles. The number of fused-ring (bicyclic) bond motifs is 1. The van der Waals surface area contributed by atoms with Gasteiger partial charge in [0, 0.05) is 12.3 Å². The van der Waals surface area contributed by atoms with Crippen LogP contribution in [-0.2, 0) is 14.6 Å². The second-order valence-electron chi connectivity index (χ2n) is 6.76. The quantitative estimate of drug-likeness (QED) is 0.789. The predicted octanol–water partition coefficient (Wildman–Crippen LogP) is 2.77. The molecule has 4 atom stereocenters. The fourth-order valence-electron chi connectivity index (χ4n) is 4.79. The molecule has 0 amide bonds. The average Bonchev–Trinajstić information content (AvgIpc) is 3.18. The predicted molar refractivity (Wildman–Crippen MR) is 79.4 cm³/mol. The van der Waals surface area contributed by atoms with Crippen LogP contribution >= 0.6 is 0 Å². The van der Waals surface area contributed by atoms with Crippen molar-refractivity contribution in [3.63, 3.8) is 0 Å². The van der Waals surface area contributed by atoms with Crippen molar-refractivity contribution >= 4 is 15.6 Å². The Bertz CT molecular complexity index is 749. The van der Waals surface area contributed by atoms with Crippen LogP contribution in [0.25, 0.3) is 0 Å². The summed E-state index contributed by atoms with van der Waals surface area (Å²) in [6.45, 7) is 2.11. The van der Waals surface area contributed by atoms with Crippen LogP contribution in [-0.4, -0.2) is 18.9 Å². The van der Waals surface area contributed by atoms with E-state index in [0.29, 0.717) is 12.8 Å². The lowest BCUT2D eigenvalue weighted by atomic mass is 9.73. The molecule has 0 aromatic heterocycles. The second-order valence-corrected chi connectivity index (χ2v) is 8.91. The lowest BCUT2D eigenvalue weighted by molar-refractivity contribution is -0.121. The molecule has 1 aromatic rings. The Hall–Kier alpha value is -1.42. The van der Waals surface area contributed by atoms with Crippen molar-refractivity contribution in [3.05, 3.63) is 42.5 Å². The van der Waals surface area contributed by atoms with E-state index in [1.165, 1.54) is 0 Å². The molecule has 110 valence electrons. The van der Waals surface area contributed by atoms with Crippen LogP contribution in [0.1, 0.15) is 26.2 Å². The van der Waals surface area contributed by atoms with Crippen LogP contribution < -0.4 is 0 Å². The summed E-state index contributed by atoms with van der Waals surface area (Å²) < 4.78 is 25.2. The molecule has 1 aromatic carbocycles. The number of hydrogen-bond donors (Lipinski definition) is 0. The first-order valence-electron chi connectivity index (χ1n) is 7.45. The zero-order valence-corrected chi connectivity index (χ0v) is 12.8. The Balaban J connectivity index is 1.90. The lowest BCUT2D eigenvalue weighted by Crippen LogP contribution is -2.43. The number of allylic oxidation sites excluding steroid dienone is 2. The van der Waals surface area contributed by atoms with Gasteiger partial charge < -0.3 is 0 Å². The molecule has 3 aliphatic rings. The monoisotopic (exact) mass is 302 g/mol. The van der Waals surface area contributed by atoms with Crippen LogP contribution in [0, 0.1) is 17.3 Å². The summed E-state index contributed by atoms with van der Waals surface area (Å²) in [5.41, 5.74) is -0.140. The van der Waals surface area contributed by atoms with Crippen molar-refractivity contribution in [2.75, 3.05) is 0 Å². The maximum Gasteiger partial charge on any atom is 0.191 e. The van der Waals surface area contributed by atoms with Gasteiger partial charge in [0.25, 0.3) is 0 Å². The van der Waals surface area contributed by atoms with E-state index in [0.717, 1.165) is 6.42 Å². The van der Waals surface area contributed by atoms with Crippen LogP contribution in [0.4, 0.5) is 0 Å². The van der Waals surface area contributed by atoms with Crippen LogP contribution in [0.3, 0.4) is 0 Å². The molecule has 0 unspecified atom stereocenters. The Morgan fingerprint density at radius 2 is 1.90 bits per heavy atom. The SMILES string of the molecule is C[C@@]12C=CC[C@H]3[C@@H]1[C@@]3(S(=O)(=O)c1ccccc1)C(=O)CC2. The minimum absolute atomic E-state index is 0.0345. The molecule has 0 heterocycles. The van der Waals surface area contributed by atoms with Crippen molar-refractivity contribution in [1.82, 2.24) is 0 Å². The van der Waals surface area contributed by atoms with Crippen LogP contribution in [0.5, 0.6) is 0 Å². The summed E-state index contributed by atoms with van der Waals surface area (Å²) >= 11 is 0. The Morgan fingerprint density at radius 1 is 1.19 bits per heavy atom. The van der Waals surface area contributed by atoms with Gasteiger partial charge in [-0.25, -0.2) is 8.42 Å². The molecule has 0 radical (unpaired) electrons. The minimum atomic E-state index is -3.62. The van der Waals surface area contributed by atoms with Crippen molar-refractivity contribution in [1.29, 1.82) is 0 Å². The first-order chi connectivity index (χ1) is 9.94. The first kappa shape index (κ1) is 13.3. The number of sulfone groups is 1. The maximum atomic E-state index is 13.2. The van der Waals surface area contributed by atoms with Gasteiger partial charge >= 0.3 is 0 Å². The van der Waals surface area contributed by atoms with Gasteiger partial charge in [0.2, 0.25) is 0 Å². The van der Waals surface area contributed by atoms with Gasteiger partial charge in [-0.15, -0.1) is 0 Å². The molecular formula is C17H18O3S. The number of benzene rings is 1. The minimum Gasteiger partial charge on any atom is -0.298 e. The third kappa shape index (κ3) is 1.39. The van der Waals surface area contributed by atoms with Crippen molar-refractivity contribution < 1.29 is 13.2 Å². The summed E-state index contributed by atoms with van der Waals surface area (Å²) in [5.74, 6) is -0.142. The van der Waals surface area contributed by atoms with Crippen LogP contribution in [0.2, 0.25) is 0 Å². The smallest absolute Gasteiger partial charge is 0.191 e. The highest BCUT2D eigenvalue weighted by Crippen LogP contribution is 2.72. The Morgan fingerprint density at radius 3 is 2.62 bits per heavy atom. The number of Topliss-reactive ketones (excluding diaryl/α,β-unsaturated/α-hetero) is 1. The molecule has 0 saturated heterocycles. The molecule has 21 heavy (non-hydrogen) atoms. The second kappa shape index (κ2) is 3.86. The van der Waals surface area contributed by atoms with Crippen molar-refractivity contribution in [2.45, 2.75) is 35.8 Å². The van der Waals surface area contributed by atoms with Crippen molar-refractivity contribution in [3.8, 4) is 0 Å². The summed E-state index contributed by atoms with van der Waals surface area (Å²) in [5, 5.41) is 0. The van der Waals surface area contributed by atoms with Crippen LogP contribution in [0.15, 0.2) is 47.4 Å². The Kier molecular flexibility index (Phi) is 2.44. The first-order valence-corrected chi connectivity index (χ1v) is 8.93. The Labute approximate surface area is 125 Å². The molecule has 0 spiro atoms. The molecule has 0 bridgehead atoms. The molecule has 0 N–H and O–H groups in total. The number of carbonyl (C=O) groups excluding carboxylic acids is 1. The van der Waals surface area contributed by atoms with Gasteiger partial charge in [-0.3, -0.25) is 4.79 Å². The van der Waals surface area contributed by atoms with Gasteiger partial charge in [-0.2, -0.15) is 0 Å². The molecule has 3 aliphatic carbocycles. The summed E-state index contributed by atoms with van der Waals surface area (Å²) in [4.78, 5) is 12.9. The largest absolute Gasteiger partial charge is 0.298 e. The molecule has 2 fully saturated rings. The highest BCUT2D eigenvalue weighted by atomic mass is 32.2. The van der Waals surface area contributed by atoms with E-state index in [2.05, 4.69) is 19.1 Å². The zero-order chi connectivity index (χ0) is 14.9. The van der Waals surface area contributed by atoms with Gasteiger partial charge in [0.1, 0.15) is 4.75 Å². The summed E-state index contributed by atoms with van der Waals surface area (Å²) in [6, 6.07) is 8.47. The highest BCUT2D eigenvalue weighted by Gasteiger charge is 2.81. The number of carbonyl (C=O) groups is 1. The standard InChI is InChI=1S/C17H18O3S/c1-16-10-5-8-13-15(16)17(13,14(18)9-11-16)21(19,20)12-6-3-2-4-7-12/h2-7,10,13,15H,8-9,11H2,1H3/t13-,15-,16-,17-/m0/s1.